The van der Waals surface area contributed by atoms with Gasteiger partial charge >= 0.3 is 0 Å². The molecule has 0 saturated heterocycles. The molecule has 0 saturated carbocycles. The molecule has 4 heteroatoms. The van der Waals surface area contributed by atoms with E-state index in [1.165, 1.54) is 34.0 Å². The first-order chi connectivity index (χ1) is 8.81. The van der Waals surface area contributed by atoms with Crippen LogP contribution >= 0.6 is 35.7 Å². The third-order valence-electron chi connectivity index (χ3n) is 3.27. The third-order valence-corrected chi connectivity index (χ3v) is 3.79. The van der Waals surface area contributed by atoms with Gasteiger partial charge in [0.05, 0.1) is 0 Å². The maximum atomic E-state index is 5.88. The van der Waals surface area contributed by atoms with Crippen molar-refractivity contribution in [2.24, 2.45) is 10.7 Å². The highest BCUT2D eigenvalue weighted by Gasteiger charge is 2.27. The van der Waals surface area contributed by atoms with Crippen molar-refractivity contribution in [3.05, 3.63) is 59.7 Å². The minimum absolute atomic E-state index is 0. The molecular weight excluding hydrogens is 367 g/mol. The van der Waals surface area contributed by atoms with E-state index in [0.29, 0.717) is 5.17 Å². The van der Waals surface area contributed by atoms with Crippen LogP contribution in [-0.2, 0) is 0 Å². The summed E-state index contributed by atoms with van der Waals surface area (Å²) in [7, 11) is 0. The van der Waals surface area contributed by atoms with Crippen LogP contribution in [0.5, 0.6) is 0 Å². The summed E-state index contributed by atoms with van der Waals surface area (Å²) < 4.78 is 0. The Morgan fingerprint density at radius 1 is 1.00 bits per heavy atom. The first kappa shape index (κ1) is 14.4. The Hall–Kier alpha value is -1.01. The van der Waals surface area contributed by atoms with Crippen LogP contribution in [0.1, 0.15) is 17.2 Å². The lowest BCUT2D eigenvalue weighted by molar-refractivity contribution is 0.904. The predicted molar refractivity (Wildman–Crippen MR) is 94.3 cm³/mol. The fourth-order valence-electron chi connectivity index (χ4n) is 2.45. The van der Waals surface area contributed by atoms with Crippen LogP contribution in [0.3, 0.4) is 0 Å². The summed E-state index contributed by atoms with van der Waals surface area (Å²) >= 11 is 1.49. The van der Waals surface area contributed by atoms with Gasteiger partial charge in [0.15, 0.2) is 5.17 Å². The van der Waals surface area contributed by atoms with Crippen LogP contribution in [0.2, 0.25) is 0 Å². The molecule has 1 aliphatic carbocycles. The first-order valence-corrected chi connectivity index (χ1v) is 7.09. The van der Waals surface area contributed by atoms with Gasteiger partial charge in [0.1, 0.15) is 6.04 Å². The van der Waals surface area contributed by atoms with E-state index in [1.807, 2.05) is 6.26 Å². The number of hydrogen-bond acceptors (Lipinski definition) is 2. The minimum Gasteiger partial charge on any atom is -0.379 e. The fraction of sp³-hybridized carbons (Fsp3) is 0.133. The molecule has 0 spiro atoms. The van der Waals surface area contributed by atoms with Gasteiger partial charge in [0.25, 0.3) is 0 Å². The minimum atomic E-state index is 0. The smallest absolute Gasteiger partial charge is 0.154 e. The van der Waals surface area contributed by atoms with Crippen LogP contribution in [0.25, 0.3) is 11.1 Å². The Bertz CT molecular complexity index is 580. The Kier molecular flexibility index (Phi) is 4.52. The zero-order chi connectivity index (χ0) is 12.5. The maximum absolute atomic E-state index is 5.88. The van der Waals surface area contributed by atoms with Crippen molar-refractivity contribution in [1.29, 1.82) is 0 Å². The van der Waals surface area contributed by atoms with Gasteiger partial charge in [-0.3, -0.25) is 0 Å². The molecule has 0 aliphatic heterocycles. The van der Waals surface area contributed by atoms with Crippen LogP contribution < -0.4 is 5.73 Å². The summed E-state index contributed by atoms with van der Waals surface area (Å²) in [5.41, 5.74) is 10.9. The molecule has 0 aromatic heterocycles. The summed E-state index contributed by atoms with van der Waals surface area (Å²) in [5, 5.41) is 0.631. The normalized spacial score (nSPS) is 13.6. The van der Waals surface area contributed by atoms with Crippen molar-refractivity contribution in [2.75, 3.05) is 6.26 Å². The summed E-state index contributed by atoms with van der Waals surface area (Å²) in [6, 6.07) is 16.9. The Balaban J connectivity index is 0.00000133. The number of thioether (sulfide) groups is 1. The van der Waals surface area contributed by atoms with Gasteiger partial charge in [-0.2, -0.15) is 0 Å². The van der Waals surface area contributed by atoms with E-state index in [4.69, 9.17) is 5.73 Å². The number of fused-ring (bicyclic) bond motifs is 3. The number of halogens is 1. The largest absolute Gasteiger partial charge is 0.379 e. The Labute approximate surface area is 134 Å². The lowest BCUT2D eigenvalue weighted by atomic mass is 10.1. The van der Waals surface area contributed by atoms with Gasteiger partial charge in [0.2, 0.25) is 0 Å². The molecule has 0 radical (unpaired) electrons. The van der Waals surface area contributed by atoms with Crippen molar-refractivity contribution in [2.45, 2.75) is 6.04 Å². The van der Waals surface area contributed by atoms with E-state index in [-0.39, 0.29) is 30.0 Å². The quantitative estimate of drug-likeness (QED) is 0.459. The van der Waals surface area contributed by atoms with Crippen molar-refractivity contribution in [3.8, 4) is 11.1 Å². The average molecular weight is 382 g/mol. The highest BCUT2D eigenvalue weighted by Crippen LogP contribution is 2.45. The van der Waals surface area contributed by atoms with E-state index in [2.05, 4.69) is 53.5 Å². The van der Waals surface area contributed by atoms with Gasteiger partial charge in [-0.15, -0.1) is 24.0 Å². The molecule has 0 fully saturated rings. The standard InChI is InChI=1S/C15H14N2S.HI/c1-18-15(16)17-14-12-8-4-2-6-10(12)11-7-3-5-9-13(11)14;/h2-9,14H,1H3,(H2,16,17);1H. The van der Waals surface area contributed by atoms with Gasteiger partial charge in [-0.25, -0.2) is 4.99 Å². The molecule has 98 valence electrons. The topological polar surface area (TPSA) is 38.4 Å². The van der Waals surface area contributed by atoms with Gasteiger partial charge in [-0.1, -0.05) is 60.3 Å². The molecule has 2 nitrogen and oxygen atoms in total. The number of benzene rings is 2. The average Bonchev–Trinajstić information content (AvgIpc) is 2.74. The maximum Gasteiger partial charge on any atom is 0.154 e. The molecule has 2 aromatic rings. The SMILES string of the molecule is CSC(N)=NC1c2ccccc2-c2ccccc21.I. The van der Waals surface area contributed by atoms with Crippen LogP contribution in [0, 0.1) is 0 Å². The van der Waals surface area contributed by atoms with Crippen LogP contribution in [0.15, 0.2) is 53.5 Å². The molecule has 0 unspecified atom stereocenters. The van der Waals surface area contributed by atoms with Crippen molar-refractivity contribution >= 4 is 40.9 Å². The molecule has 0 amide bonds. The number of nitrogens with zero attached hydrogens (tertiary/aromatic N) is 1. The van der Waals surface area contributed by atoms with Gasteiger partial charge in [0, 0.05) is 0 Å². The second-order valence-corrected chi connectivity index (χ2v) is 5.08. The number of hydrogen-bond donors (Lipinski definition) is 1. The lowest BCUT2D eigenvalue weighted by Crippen LogP contribution is -2.08. The first-order valence-electron chi connectivity index (χ1n) is 5.86. The van der Waals surface area contributed by atoms with E-state index in [1.54, 1.807) is 0 Å². The van der Waals surface area contributed by atoms with E-state index < -0.39 is 0 Å². The molecular formula is C15H15IN2S. The molecule has 0 bridgehead atoms. The van der Waals surface area contributed by atoms with E-state index >= 15 is 0 Å². The van der Waals surface area contributed by atoms with Crippen molar-refractivity contribution in [3.63, 3.8) is 0 Å². The summed E-state index contributed by atoms with van der Waals surface area (Å²) in [6.45, 7) is 0. The molecule has 2 aromatic carbocycles. The molecule has 3 rings (SSSR count). The second-order valence-electron chi connectivity index (χ2n) is 4.25. The van der Waals surface area contributed by atoms with Crippen molar-refractivity contribution < 1.29 is 0 Å². The Morgan fingerprint density at radius 2 is 1.47 bits per heavy atom. The number of aliphatic imine (C=N–C) groups is 1. The van der Waals surface area contributed by atoms with Crippen LogP contribution in [0.4, 0.5) is 0 Å². The van der Waals surface area contributed by atoms with Gasteiger partial charge < -0.3 is 5.73 Å². The van der Waals surface area contributed by atoms with Crippen LogP contribution in [-0.4, -0.2) is 11.4 Å². The third kappa shape index (κ3) is 2.51. The van der Waals surface area contributed by atoms with Gasteiger partial charge in [-0.05, 0) is 28.5 Å². The summed E-state index contributed by atoms with van der Waals surface area (Å²) in [4.78, 5) is 4.63. The monoisotopic (exact) mass is 382 g/mol. The number of amidine groups is 1. The number of rotatable bonds is 1. The summed E-state index contributed by atoms with van der Waals surface area (Å²) in [6.07, 6.45) is 1.95. The fourth-order valence-corrected chi connectivity index (χ4v) is 2.66. The highest BCUT2D eigenvalue weighted by atomic mass is 127. The predicted octanol–water partition coefficient (Wildman–Crippen LogP) is 4.05. The second kappa shape index (κ2) is 5.96. The van der Waals surface area contributed by atoms with E-state index in [0.717, 1.165) is 0 Å². The Morgan fingerprint density at radius 3 is 1.95 bits per heavy atom. The van der Waals surface area contributed by atoms with Crippen molar-refractivity contribution in [1.82, 2.24) is 0 Å². The molecule has 0 heterocycles. The molecule has 19 heavy (non-hydrogen) atoms. The molecule has 0 atom stereocenters. The number of nitrogens with two attached hydrogens (primary N) is 1. The lowest BCUT2D eigenvalue weighted by Gasteiger charge is -2.08. The summed E-state index contributed by atoms with van der Waals surface area (Å²) in [5.74, 6) is 0. The molecule has 2 N–H and O–H groups in total. The highest BCUT2D eigenvalue weighted by molar-refractivity contribution is 14.0. The molecule has 1 aliphatic rings. The van der Waals surface area contributed by atoms with E-state index in [9.17, 15) is 0 Å². The zero-order valence-corrected chi connectivity index (χ0v) is 13.7. The zero-order valence-electron chi connectivity index (χ0n) is 10.5.